The highest BCUT2D eigenvalue weighted by Gasteiger charge is 2.33. The first kappa shape index (κ1) is 29.6. The van der Waals surface area contributed by atoms with Gasteiger partial charge in [0.1, 0.15) is 12.6 Å². The standard InChI is InChI=1S/C27H29ClN4O6S/c1-3-29-27(34)25(16-20-9-5-4-6-10-20)30(18-21-11-7-12-22(28)15-21)26(33)19-31(39(2,37)38)23-13-8-14-24(17-23)32(35)36/h4-15,17,25H,3,16,18-19H2,1-2H3,(H,29,34)/t25-/m0/s1. The Balaban J connectivity index is 2.06. The zero-order chi connectivity index (χ0) is 28.6. The molecule has 0 saturated heterocycles. The Kier molecular flexibility index (Phi) is 10.0. The fourth-order valence-electron chi connectivity index (χ4n) is 4.05. The van der Waals surface area contributed by atoms with Crippen molar-refractivity contribution in [3.05, 3.63) is 105 Å². The fraction of sp³-hybridized carbons (Fsp3) is 0.259. The molecule has 0 spiro atoms. The lowest BCUT2D eigenvalue weighted by molar-refractivity contribution is -0.384. The van der Waals surface area contributed by atoms with Crippen molar-refractivity contribution < 1.29 is 22.9 Å². The highest BCUT2D eigenvalue weighted by atomic mass is 35.5. The Hall–Kier alpha value is -3.96. The van der Waals surface area contributed by atoms with Crippen molar-refractivity contribution in [3.63, 3.8) is 0 Å². The van der Waals surface area contributed by atoms with Crippen molar-refractivity contribution in [1.29, 1.82) is 0 Å². The van der Waals surface area contributed by atoms with E-state index in [1.165, 1.54) is 23.1 Å². The first-order valence-corrected chi connectivity index (χ1v) is 14.3. The third kappa shape index (κ3) is 8.26. The predicted octanol–water partition coefficient (Wildman–Crippen LogP) is 3.79. The minimum atomic E-state index is -4.04. The van der Waals surface area contributed by atoms with Crippen LogP contribution in [-0.2, 0) is 32.6 Å². The first-order chi connectivity index (χ1) is 18.5. The second kappa shape index (κ2) is 13.2. The van der Waals surface area contributed by atoms with Gasteiger partial charge in [0, 0.05) is 36.7 Å². The molecule has 3 aromatic carbocycles. The molecule has 0 fully saturated rings. The number of sulfonamides is 1. The van der Waals surface area contributed by atoms with E-state index in [1.807, 2.05) is 30.3 Å². The van der Waals surface area contributed by atoms with E-state index in [9.17, 15) is 28.1 Å². The lowest BCUT2D eigenvalue weighted by Crippen LogP contribution is -2.53. The Bertz CT molecular complexity index is 1430. The molecule has 2 amide bonds. The maximum Gasteiger partial charge on any atom is 0.271 e. The van der Waals surface area contributed by atoms with E-state index in [0.717, 1.165) is 22.2 Å². The molecule has 0 aliphatic heterocycles. The highest BCUT2D eigenvalue weighted by Crippen LogP contribution is 2.24. The van der Waals surface area contributed by atoms with Gasteiger partial charge in [-0.05, 0) is 36.2 Å². The van der Waals surface area contributed by atoms with Crippen molar-refractivity contribution in [3.8, 4) is 0 Å². The molecule has 206 valence electrons. The third-order valence-electron chi connectivity index (χ3n) is 5.87. The predicted molar refractivity (Wildman–Crippen MR) is 150 cm³/mol. The molecule has 0 aromatic heterocycles. The molecular formula is C27H29ClN4O6S. The Labute approximate surface area is 232 Å². The van der Waals surface area contributed by atoms with Crippen LogP contribution in [0.5, 0.6) is 0 Å². The van der Waals surface area contributed by atoms with Crippen LogP contribution in [0.15, 0.2) is 78.9 Å². The van der Waals surface area contributed by atoms with Gasteiger partial charge in [0.15, 0.2) is 0 Å². The Morgan fingerprint density at radius 3 is 2.28 bits per heavy atom. The van der Waals surface area contributed by atoms with Crippen molar-refractivity contribution in [2.24, 2.45) is 0 Å². The number of nitro groups is 1. The molecule has 3 aromatic rings. The Morgan fingerprint density at radius 2 is 1.67 bits per heavy atom. The van der Waals surface area contributed by atoms with Crippen molar-refractivity contribution in [2.75, 3.05) is 23.7 Å². The molecule has 1 atom stereocenters. The highest BCUT2D eigenvalue weighted by molar-refractivity contribution is 7.92. The molecule has 0 heterocycles. The van der Waals surface area contributed by atoms with Gasteiger partial charge in [-0.2, -0.15) is 0 Å². The van der Waals surface area contributed by atoms with Gasteiger partial charge in [-0.25, -0.2) is 8.42 Å². The number of likely N-dealkylation sites (N-methyl/N-ethyl adjacent to an activating group) is 1. The lowest BCUT2D eigenvalue weighted by atomic mass is 10.0. The quantitative estimate of drug-likeness (QED) is 0.260. The van der Waals surface area contributed by atoms with Crippen LogP contribution < -0.4 is 9.62 Å². The van der Waals surface area contributed by atoms with Gasteiger partial charge in [-0.1, -0.05) is 60.1 Å². The molecule has 12 heteroatoms. The van der Waals surface area contributed by atoms with E-state index in [-0.39, 0.29) is 24.3 Å². The molecule has 0 unspecified atom stereocenters. The molecule has 0 aliphatic rings. The number of anilines is 1. The maximum absolute atomic E-state index is 13.9. The van der Waals surface area contributed by atoms with Crippen LogP contribution in [0.2, 0.25) is 5.02 Å². The lowest BCUT2D eigenvalue weighted by Gasteiger charge is -2.33. The van der Waals surface area contributed by atoms with Gasteiger partial charge < -0.3 is 10.2 Å². The number of nitro benzene ring substituents is 1. The number of nitrogens with one attached hydrogen (secondary N) is 1. The summed E-state index contributed by atoms with van der Waals surface area (Å²) in [5.41, 5.74) is 1.07. The SMILES string of the molecule is CCNC(=O)[C@H](Cc1ccccc1)N(Cc1cccc(Cl)c1)C(=O)CN(c1cccc([N+](=O)[O-])c1)S(C)(=O)=O. The van der Waals surface area contributed by atoms with Gasteiger partial charge in [0.25, 0.3) is 5.69 Å². The summed E-state index contributed by atoms with van der Waals surface area (Å²) < 4.78 is 26.3. The fourth-order valence-corrected chi connectivity index (χ4v) is 5.11. The second-order valence-corrected chi connectivity index (χ2v) is 11.1. The average molecular weight is 573 g/mol. The van der Waals surface area contributed by atoms with E-state index in [0.29, 0.717) is 17.1 Å². The largest absolute Gasteiger partial charge is 0.355 e. The van der Waals surface area contributed by atoms with E-state index < -0.39 is 39.3 Å². The molecule has 0 radical (unpaired) electrons. The van der Waals surface area contributed by atoms with Crippen LogP contribution in [0.1, 0.15) is 18.1 Å². The number of rotatable bonds is 12. The van der Waals surface area contributed by atoms with Gasteiger partial charge in [-0.3, -0.25) is 24.0 Å². The summed E-state index contributed by atoms with van der Waals surface area (Å²) in [5, 5.41) is 14.5. The Morgan fingerprint density at radius 1 is 1.00 bits per heavy atom. The van der Waals surface area contributed by atoms with Crippen LogP contribution in [0, 0.1) is 10.1 Å². The smallest absolute Gasteiger partial charge is 0.271 e. The summed E-state index contributed by atoms with van der Waals surface area (Å²) in [4.78, 5) is 39.1. The van der Waals surface area contributed by atoms with Crippen LogP contribution in [-0.4, -0.2) is 55.4 Å². The number of carbonyl (C=O) groups excluding carboxylic acids is 2. The number of hydrogen-bond acceptors (Lipinski definition) is 6. The second-order valence-electron chi connectivity index (χ2n) is 8.80. The number of carbonyl (C=O) groups is 2. The molecule has 0 bridgehead atoms. The van der Waals surface area contributed by atoms with E-state index in [1.54, 1.807) is 31.2 Å². The third-order valence-corrected chi connectivity index (χ3v) is 7.25. The number of non-ortho nitro benzene ring substituents is 1. The molecular weight excluding hydrogens is 544 g/mol. The van der Waals surface area contributed by atoms with Crippen molar-refractivity contribution in [1.82, 2.24) is 10.2 Å². The summed E-state index contributed by atoms with van der Waals surface area (Å²) in [5.74, 6) is -1.07. The summed E-state index contributed by atoms with van der Waals surface area (Å²) in [7, 11) is -4.04. The number of benzene rings is 3. The summed E-state index contributed by atoms with van der Waals surface area (Å²) >= 11 is 6.17. The minimum Gasteiger partial charge on any atom is -0.355 e. The van der Waals surface area contributed by atoms with E-state index in [4.69, 9.17) is 11.6 Å². The normalized spacial score (nSPS) is 11.9. The van der Waals surface area contributed by atoms with Crippen LogP contribution >= 0.6 is 11.6 Å². The van der Waals surface area contributed by atoms with Crippen LogP contribution in [0.4, 0.5) is 11.4 Å². The topological polar surface area (TPSA) is 130 Å². The number of halogens is 1. The summed E-state index contributed by atoms with van der Waals surface area (Å²) in [6, 6.07) is 20.0. The maximum atomic E-state index is 13.9. The van der Waals surface area contributed by atoms with Crippen molar-refractivity contribution >= 4 is 44.8 Å². The minimum absolute atomic E-state index is 0.0272. The summed E-state index contributed by atoms with van der Waals surface area (Å²) in [6.07, 6.45) is 1.08. The van der Waals surface area contributed by atoms with E-state index in [2.05, 4.69) is 5.32 Å². The average Bonchev–Trinajstić information content (AvgIpc) is 2.89. The molecule has 39 heavy (non-hydrogen) atoms. The molecule has 10 nitrogen and oxygen atoms in total. The summed E-state index contributed by atoms with van der Waals surface area (Å²) in [6.45, 7) is 1.38. The number of amides is 2. The zero-order valence-electron chi connectivity index (χ0n) is 21.5. The van der Waals surface area contributed by atoms with E-state index >= 15 is 0 Å². The van der Waals surface area contributed by atoms with Gasteiger partial charge in [0.05, 0.1) is 16.9 Å². The van der Waals surface area contributed by atoms with Gasteiger partial charge >= 0.3 is 0 Å². The van der Waals surface area contributed by atoms with Gasteiger partial charge in [-0.15, -0.1) is 0 Å². The molecule has 0 aliphatic carbocycles. The zero-order valence-corrected chi connectivity index (χ0v) is 23.1. The molecule has 3 rings (SSSR count). The number of nitrogens with zero attached hydrogens (tertiary/aromatic N) is 3. The first-order valence-electron chi connectivity index (χ1n) is 12.1. The van der Waals surface area contributed by atoms with Crippen molar-refractivity contribution in [2.45, 2.75) is 25.9 Å². The van der Waals surface area contributed by atoms with Crippen LogP contribution in [0.25, 0.3) is 0 Å². The van der Waals surface area contributed by atoms with Gasteiger partial charge in [0.2, 0.25) is 21.8 Å². The molecule has 1 N–H and O–H groups in total. The molecule has 0 saturated carbocycles. The monoisotopic (exact) mass is 572 g/mol. The number of hydrogen-bond donors (Lipinski definition) is 1. The van der Waals surface area contributed by atoms with Crippen LogP contribution in [0.3, 0.4) is 0 Å².